The van der Waals surface area contributed by atoms with Gasteiger partial charge >= 0.3 is 0 Å². The molecule has 0 N–H and O–H groups in total. The molecular weight excluding hydrogens is 198 g/mol. The SMILES string of the molecule is CCN(Cc1ccco1)C(=O)C(C)S. The van der Waals surface area contributed by atoms with Crippen molar-refractivity contribution in [1.29, 1.82) is 0 Å². The molecule has 4 heteroatoms. The normalized spacial score (nSPS) is 12.5. The van der Waals surface area contributed by atoms with Gasteiger partial charge in [0.1, 0.15) is 5.76 Å². The van der Waals surface area contributed by atoms with Gasteiger partial charge in [-0.05, 0) is 26.0 Å². The Morgan fingerprint density at radius 1 is 1.71 bits per heavy atom. The van der Waals surface area contributed by atoms with Crippen LogP contribution in [0.25, 0.3) is 0 Å². The summed E-state index contributed by atoms with van der Waals surface area (Å²) in [6, 6.07) is 3.68. The first kappa shape index (κ1) is 11.2. The largest absolute Gasteiger partial charge is 0.467 e. The van der Waals surface area contributed by atoms with Crippen LogP contribution in [0.4, 0.5) is 0 Å². The van der Waals surface area contributed by atoms with E-state index in [-0.39, 0.29) is 11.2 Å². The van der Waals surface area contributed by atoms with Crippen molar-refractivity contribution in [3.8, 4) is 0 Å². The zero-order valence-electron chi connectivity index (χ0n) is 8.43. The predicted molar refractivity (Wildman–Crippen MR) is 58.2 cm³/mol. The maximum absolute atomic E-state index is 11.6. The van der Waals surface area contributed by atoms with Crippen molar-refractivity contribution in [1.82, 2.24) is 4.90 Å². The van der Waals surface area contributed by atoms with Crippen molar-refractivity contribution in [3.05, 3.63) is 24.2 Å². The molecule has 0 saturated carbocycles. The molecule has 0 bridgehead atoms. The average Bonchev–Trinajstić information content (AvgIpc) is 2.65. The summed E-state index contributed by atoms with van der Waals surface area (Å²) >= 11 is 4.12. The van der Waals surface area contributed by atoms with Gasteiger partial charge in [0.25, 0.3) is 0 Å². The van der Waals surface area contributed by atoms with Gasteiger partial charge in [0.15, 0.2) is 0 Å². The van der Waals surface area contributed by atoms with Crippen molar-refractivity contribution >= 4 is 18.5 Å². The molecule has 1 atom stereocenters. The zero-order chi connectivity index (χ0) is 10.6. The third kappa shape index (κ3) is 2.80. The van der Waals surface area contributed by atoms with E-state index in [4.69, 9.17) is 4.42 Å². The molecule has 14 heavy (non-hydrogen) atoms. The van der Waals surface area contributed by atoms with E-state index < -0.39 is 0 Å². The number of hydrogen-bond acceptors (Lipinski definition) is 3. The molecular formula is C10H15NO2S. The summed E-state index contributed by atoms with van der Waals surface area (Å²) in [6.45, 7) is 4.91. The van der Waals surface area contributed by atoms with Crippen LogP contribution in [0, 0.1) is 0 Å². The molecule has 0 aliphatic heterocycles. The fraction of sp³-hybridized carbons (Fsp3) is 0.500. The topological polar surface area (TPSA) is 33.5 Å². The van der Waals surface area contributed by atoms with Gasteiger partial charge in [-0.1, -0.05) is 0 Å². The predicted octanol–water partition coefficient (Wildman–Crippen LogP) is 1.95. The van der Waals surface area contributed by atoms with Crippen LogP contribution in [0.2, 0.25) is 0 Å². The van der Waals surface area contributed by atoms with Crippen molar-refractivity contribution in [3.63, 3.8) is 0 Å². The fourth-order valence-electron chi connectivity index (χ4n) is 1.20. The summed E-state index contributed by atoms with van der Waals surface area (Å²) in [5, 5.41) is -0.259. The highest BCUT2D eigenvalue weighted by Gasteiger charge is 2.16. The van der Waals surface area contributed by atoms with Gasteiger partial charge in [0.2, 0.25) is 5.91 Å². The molecule has 1 heterocycles. The summed E-state index contributed by atoms with van der Waals surface area (Å²) in [5.74, 6) is 0.835. The number of nitrogens with zero attached hydrogens (tertiary/aromatic N) is 1. The highest BCUT2D eigenvalue weighted by molar-refractivity contribution is 7.81. The molecule has 0 radical (unpaired) electrons. The van der Waals surface area contributed by atoms with Crippen LogP contribution in [0.5, 0.6) is 0 Å². The number of carbonyl (C=O) groups excluding carboxylic acids is 1. The Morgan fingerprint density at radius 2 is 2.43 bits per heavy atom. The van der Waals surface area contributed by atoms with Crippen LogP contribution in [0.1, 0.15) is 19.6 Å². The number of rotatable bonds is 4. The molecule has 78 valence electrons. The molecule has 0 spiro atoms. The Hall–Kier alpha value is -0.900. The third-order valence-corrected chi connectivity index (χ3v) is 2.20. The maximum Gasteiger partial charge on any atom is 0.235 e. The van der Waals surface area contributed by atoms with Gasteiger partial charge in [-0.25, -0.2) is 0 Å². The molecule has 0 aliphatic rings. The molecule has 1 rings (SSSR count). The van der Waals surface area contributed by atoms with Crippen LogP contribution in [-0.2, 0) is 11.3 Å². The van der Waals surface area contributed by atoms with E-state index in [2.05, 4.69) is 12.6 Å². The van der Waals surface area contributed by atoms with Gasteiger partial charge in [0, 0.05) is 6.54 Å². The Bertz CT molecular complexity index is 282. The first-order valence-corrected chi connectivity index (χ1v) is 5.16. The van der Waals surface area contributed by atoms with Crippen LogP contribution in [0.15, 0.2) is 22.8 Å². The number of amides is 1. The molecule has 3 nitrogen and oxygen atoms in total. The van der Waals surface area contributed by atoms with Crippen LogP contribution < -0.4 is 0 Å². The number of hydrogen-bond donors (Lipinski definition) is 1. The Kier molecular flexibility index (Phi) is 4.07. The van der Waals surface area contributed by atoms with E-state index >= 15 is 0 Å². The van der Waals surface area contributed by atoms with Gasteiger partial charge in [-0.15, -0.1) is 0 Å². The molecule has 0 aliphatic carbocycles. The molecule has 1 aromatic heterocycles. The lowest BCUT2D eigenvalue weighted by Gasteiger charge is -2.21. The summed E-state index contributed by atoms with van der Waals surface area (Å²) in [7, 11) is 0. The number of carbonyl (C=O) groups is 1. The minimum Gasteiger partial charge on any atom is -0.467 e. The van der Waals surface area contributed by atoms with E-state index in [1.807, 2.05) is 19.1 Å². The fourth-order valence-corrected chi connectivity index (χ4v) is 1.36. The van der Waals surface area contributed by atoms with Gasteiger partial charge in [0.05, 0.1) is 18.1 Å². The second-order valence-electron chi connectivity index (χ2n) is 3.11. The monoisotopic (exact) mass is 213 g/mol. The molecule has 1 unspecified atom stereocenters. The first-order chi connectivity index (χ1) is 6.65. The summed E-state index contributed by atoms with van der Waals surface area (Å²) in [5.41, 5.74) is 0. The highest BCUT2D eigenvalue weighted by atomic mass is 32.1. The lowest BCUT2D eigenvalue weighted by molar-refractivity contribution is -0.130. The van der Waals surface area contributed by atoms with Gasteiger partial charge in [-0.3, -0.25) is 4.79 Å². The molecule has 1 aromatic rings. The smallest absolute Gasteiger partial charge is 0.235 e. The van der Waals surface area contributed by atoms with Gasteiger partial charge < -0.3 is 9.32 Å². The molecule has 0 fully saturated rings. The highest BCUT2D eigenvalue weighted by Crippen LogP contribution is 2.08. The van der Waals surface area contributed by atoms with Crippen LogP contribution in [0.3, 0.4) is 0 Å². The quantitative estimate of drug-likeness (QED) is 0.775. The maximum atomic E-state index is 11.6. The Morgan fingerprint density at radius 3 is 2.86 bits per heavy atom. The van der Waals surface area contributed by atoms with E-state index in [9.17, 15) is 4.79 Å². The standard InChI is InChI=1S/C10H15NO2S/c1-3-11(10(12)8(2)14)7-9-5-4-6-13-9/h4-6,8,14H,3,7H2,1-2H3. The van der Waals surface area contributed by atoms with E-state index in [1.165, 1.54) is 0 Å². The molecule has 1 amide bonds. The molecule has 0 saturated heterocycles. The number of furan rings is 1. The third-order valence-electron chi connectivity index (χ3n) is 1.98. The van der Waals surface area contributed by atoms with E-state index in [0.717, 1.165) is 5.76 Å². The molecule has 0 aromatic carbocycles. The first-order valence-electron chi connectivity index (χ1n) is 4.64. The second kappa shape index (κ2) is 5.10. The summed E-state index contributed by atoms with van der Waals surface area (Å²) < 4.78 is 5.18. The summed E-state index contributed by atoms with van der Waals surface area (Å²) in [6.07, 6.45) is 1.61. The van der Waals surface area contributed by atoms with Crippen molar-refractivity contribution < 1.29 is 9.21 Å². The van der Waals surface area contributed by atoms with E-state index in [0.29, 0.717) is 13.1 Å². The van der Waals surface area contributed by atoms with Crippen LogP contribution >= 0.6 is 12.6 Å². The summed E-state index contributed by atoms with van der Waals surface area (Å²) in [4.78, 5) is 13.3. The average molecular weight is 213 g/mol. The zero-order valence-corrected chi connectivity index (χ0v) is 9.33. The minimum atomic E-state index is -0.259. The minimum absolute atomic E-state index is 0.0345. The lowest BCUT2D eigenvalue weighted by atomic mass is 10.3. The Labute approximate surface area is 89.5 Å². The number of thiol groups is 1. The lowest BCUT2D eigenvalue weighted by Crippen LogP contribution is -2.34. The van der Waals surface area contributed by atoms with E-state index in [1.54, 1.807) is 18.1 Å². The van der Waals surface area contributed by atoms with Crippen molar-refractivity contribution in [2.45, 2.75) is 25.6 Å². The van der Waals surface area contributed by atoms with Crippen molar-refractivity contribution in [2.75, 3.05) is 6.54 Å². The second-order valence-corrected chi connectivity index (χ2v) is 3.88. The van der Waals surface area contributed by atoms with Crippen molar-refractivity contribution in [2.24, 2.45) is 0 Å². The van der Waals surface area contributed by atoms with Gasteiger partial charge in [-0.2, -0.15) is 12.6 Å². The van der Waals surface area contributed by atoms with Crippen LogP contribution in [-0.4, -0.2) is 22.6 Å². The Balaban J connectivity index is 2.60.